The summed E-state index contributed by atoms with van der Waals surface area (Å²) in [7, 11) is 0. The van der Waals surface area contributed by atoms with E-state index in [2.05, 4.69) is 31.3 Å². The summed E-state index contributed by atoms with van der Waals surface area (Å²) in [6.07, 6.45) is 0. The third-order valence-corrected chi connectivity index (χ3v) is 2.27. The Labute approximate surface area is 72.5 Å². The van der Waals surface area contributed by atoms with Gasteiger partial charge in [0.2, 0.25) is 0 Å². The van der Waals surface area contributed by atoms with Crippen LogP contribution in [0, 0.1) is 13.8 Å². The fraction of sp³-hybridized carbons (Fsp3) is 0.400. The van der Waals surface area contributed by atoms with Crippen LogP contribution in [0.2, 0.25) is 0 Å². The van der Waals surface area contributed by atoms with Crippen molar-refractivity contribution in [1.82, 2.24) is 0 Å². The average molecular weight is 163 g/mol. The van der Waals surface area contributed by atoms with Gasteiger partial charge in [-0.05, 0) is 37.1 Å². The van der Waals surface area contributed by atoms with Crippen molar-refractivity contribution in [3.8, 4) is 5.75 Å². The second-order valence-corrected chi connectivity index (χ2v) is 3.21. The molecule has 0 aliphatic carbocycles. The third-order valence-electron chi connectivity index (χ3n) is 2.27. The molecule has 0 unspecified atom stereocenters. The summed E-state index contributed by atoms with van der Waals surface area (Å²) in [4.78, 5) is 0. The highest BCUT2D eigenvalue weighted by Gasteiger charge is 2.09. The van der Waals surface area contributed by atoms with Gasteiger partial charge >= 0.3 is 0 Å². The molecule has 0 radical (unpaired) electrons. The highest BCUT2D eigenvalue weighted by Crippen LogP contribution is 2.29. The lowest BCUT2D eigenvalue weighted by atomic mass is 10.1. The van der Waals surface area contributed by atoms with E-state index in [0.717, 1.165) is 24.6 Å². The fourth-order valence-electron chi connectivity index (χ4n) is 1.39. The molecule has 2 nitrogen and oxygen atoms in total. The van der Waals surface area contributed by atoms with Crippen LogP contribution in [0.1, 0.15) is 11.1 Å². The first-order valence-corrected chi connectivity index (χ1v) is 4.25. The Morgan fingerprint density at radius 1 is 1.25 bits per heavy atom. The van der Waals surface area contributed by atoms with Crippen molar-refractivity contribution in [3.63, 3.8) is 0 Å². The third kappa shape index (κ3) is 1.13. The van der Waals surface area contributed by atoms with Gasteiger partial charge in [0, 0.05) is 6.54 Å². The normalized spacial score (nSPS) is 14.5. The first-order valence-electron chi connectivity index (χ1n) is 4.25. The summed E-state index contributed by atoms with van der Waals surface area (Å²) >= 11 is 0. The Morgan fingerprint density at radius 3 is 2.83 bits per heavy atom. The highest BCUT2D eigenvalue weighted by molar-refractivity contribution is 5.60. The van der Waals surface area contributed by atoms with Gasteiger partial charge in [-0.2, -0.15) is 0 Å². The summed E-state index contributed by atoms with van der Waals surface area (Å²) in [6.45, 7) is 5.91. The van der Waals surface area contributed by atoms with E-state index in [1.54, 1.807) is 0 Å². The molecule has 0 bridgehead atoms. The highest BCUT2D eigenvalue weighted by atomic mass is 16.5. The number of hydrogen-bond acceptors (Lipinski definition) is 2. The molecule has 0 aromatic heterocycles. The summed E-state index contributed by atoms with van der Waals surface area (Å²) in [6, 6.07) is 4.24. The largest absolute Gasteiger partial charge is 0.490 e. The Kier molecular flexibility index (Phi) is 1.68. The number of ether oxygens (including phenoxy) is 1. The molecule has 1 aromatic carbocycles. The second-order valence-electron chi connectivity index (χ2n) is 3.21. The van der Waals surface area contributed by atoms with Crippen molar-refractivity contribution < 1.29 is 4.74 Å². The standard InChI is InChI=1S/C10H13NO/c1-7-5-9-10(6-8(7)2)12-4-3-11-9/h5-6,11H,3-4H2,1-2H3. The molecule has 1 N–H and O–H groups in total. The monoisotopic (exact) mass is 163 g/mol. The van der Waals surface area contributed by atoms with E-state index in [4.69, 9.17) is 4.74 Å². The van der Waals surface area contributed by atoms with Crippen LogP contribution in [-0.2, 0) is 0 Å². The second kappa shape index (κ2) is 2.70. The Bertz CT molecular complexity index is 276. The summed E-state index contributed by atoms with van der Waals surface area (Å²) in [5.41, 5.74) is 3.73. The average Bonchev–Trinajstić information content (AvgIpc) is 2.07. The Hall–Kier alpha value is -1.18. The van der Waals surface area contributed by atoms with Crippen molar-refractivity contribution in [2.45, 2.75) is 13.8 Å². The van der Waals surface area contributed by atoms with Gasteiger partial charge in [-0.25, -0.2) is 0 Å². The SMILES string of the molecule is Cc1cc2c(cc1C)OCCN2. The van der Waals surface area contributed by atoms with Crippen LogP contribution < -0.4 is 10.1 Å². The van der Waals surface area contributed by atoms with Gasteiger partial charge in [-0.1, -0.05) is 0 Å². The van der Waals surface area contributed by atoms with Gasteiger partial charge < -0.3 is 10.1 Å². The molecule has 2 rings (SSSR count). The predicted octanol–water partition coefficient (Wildman–Crippen LogP) is 2.11. The molecule has 0 atom stereocenters. The van der Waals surface area contributed by atoms with E-state index in [9.17, 15) is 0 Å². The van der Waals surface area contributed by atoms with Gasteiger partial charge in [0.25, 0.3) is 0 Å². The van der Waals surface area contributed by atoms with Crippen molar-refractivity contribution in [2.24, 2.45) is 0 Å². The minimum absolute atomic E-state index is 0.773. The zero-order valence-electron chi connectivity index (χ0n) is 7.48. The first kappa shape index (κ1) is 7.47. The lowest BCUT2D eigenvalue weighted by Gasteiger charge is -2.20. The maximum absolute atomic E-state index is 5.50. The summed E-state index contributed by atoms with van der Waals surface area (Å²) < 4.78 is 5.50. The smallest absolute Gasteiger partial charge is 0.142 e. The summed E-state index contributed by atoms with van der Waals surface area (Å²) in [5.74, 6) is 0.990. The van der Waals surface area contributed by atoms with Crippen LogP contribution in [0.25, 0.3) is 0 Å². The minimum Gasteiger partial charge on any atom is -0.490 e. The minimum atomic E-state index is 0.773. The molecular formula is C10H13NO. The summed E-state index contributed by atoms with van der Waals surface area (Å²) in [5, 5.41) is 3.31. The molecule has 2 heteroatoms. The van der Waals surface area contributed by atoms with Crippen molar-refractivity contribution in [1.29, 1.82) is 0 Å². The molecule has 1 aliphatic rings. The molecule has 64 valence electrons. The van der Waals surface area contributed by atoms with Crippen LogP contribution >= 0.6 is 0 Å². The van der Waals surface area contributed by atoms with Crippen molar-refractivity contribution in [3.05, 3.63) is 23.3 Å². The number of rotatable bonds is 0. The number of hydrogen-bond donors (Lipinski definition) is 1. The number of fused-ring (bicyclic) bond motifs is 1. The molecule has 1 aliphatic heterocycles. The molecule has 0 fully saturated rings. The first-order chi connectivity index (χ1) is 5.77. The van der Waals surface area contributed by atoms with Crippen LogP contribution in [0.5, 0.6) is 5.75 Å². The van der Waals surface area contributed by atoms with Gasteiger partial charge in [0.1, 0.15) is 12.4 Å². The zero-order chi connectivity index (χ0) is 8.55. The Balaban J connectivity index is 2.49. The van der Waals surface area contributed by atoms with Gasteiger partial charge in [0.05, 0.1) is 5.69 Å². The van der Waals surface area contributed by atoms with Crippen LogP contribution in [0.15, 0.2) is 12.1 Å². The quantitative estimate of drug-likeness (QED) is 0.632. The maximum atomic E-state index is 5.50. The molecule has 0 spiro atoms. The topological polar surface area (TPSA) is 21.3 Å². The molecule has 0 amide bonds. The van der Waals surface area contributed by atoms with Gasteiger partial charge in [-0.15, -0.1) is 0 Å². The van der Waals surface area contributed by atoms with E-state index in [0.29, 0.717) is 0 Å². The number of aryl methyl sites for hydroxylation is 2. The zero-order valence-corrected chi connectivity index (χ0v) is 7.48. The fourth-order valence-corrected chi connectivity index (χ4v) is 1.39. The van der Waals surface area contributed by atoms with Gasteiger partial charge in [0.15, 0.2) is 0 Å². The molecule has 1 heterocycles. The molecule has 1 aromatic rings. The predicted molar refractivity (Wildman–Crippen MR) is 49.9 cm³/mol. The number of benzene rings is 1. The van der Waals surface area contributed by atoms with Crippen molar-refractivity contribution >= 4 is 5.69 Å². The number of anilines is 1. The molecular weight excluding hydrogens is 150 g/mol. The lowest BCUT2D eigenvalue weighted by molar-refractivity contribution is 0.323. The molecule has 0 saturated carbocycles. The van der Waals surface area contributed by atoms with Crippen LogP contribution in [0.4, 0.5) is 5.69 Å². The maximum Gasteiger partial charge on any atom is 0.142 e. The number of nitrogens with one attached hydrogen (secondary N) is 1. The van der Waals surface area contributed by atoms with Crippen LogP contribution in [0.3, 0.4) is 0 Å². The molecule has 0 saturated heterocycles. The van der Waals surface area contributed by atoms with E-state index in [1.807, 2.05) is 0 Å². The van der Waals surface area contributed by atoms with E-state index in [1.165, 1.54) is 11.1 Å². The van der Waals surface area contributed by atoms with E-state index in [-0.39, 0.29) is 0 Å². The lowest BCUT2D eigenvalue weighted by Crippen LogP contribution is -2.18. The van der Waals surface area contributed by atoms with Crippen LogP contribution in [-0.4, -0.2) is 13.2 Å². The Morgan fingerprint density at radius 2 is 2.00 bits per heavy atom. The van der Waals surface area contributed by atoms with E-state index >= 15 is 0 Å². The van der Waals surface area contributed by atoms with Gasteiger partial charge in [-0.3, -0.25) is 0 Å². The molecule has 12 heavy (non-hydrogen) atoms. The van der Waals surface area contributed by atoms with E-state index < -0.39 is 0 Å². The van der Waals surface area contributed by atoms with Crippen molar-refractivity contribution in [2.75, 3.05) is 18.5 Å².